The minimum atomic E-state index is -0.284. The zero-order valence-electron chi connectivity index (χ0n) is 8.74. The van der Waals surface area contributed by atoms with Crippen molar-refractivity contribution in [3.05, 3.63) is 53.6 Å². The molecule has 1 heterocycles. The maximum atomic E-state index is 12.8. The number of aromatic nitrogens is 1. The van der Waals surface area contributed by atoms with E-state index in [0.717, 1.165) is 16.8 Å². The van der Waals surface area contributed by atoms with E-state index in [2.05, 4.69) is 11.1 Å². The number of hydrogen-bond donors (Lipinski definition) is 0. The van der Waals surface area contributed by atoms with E-state index in [1.54, 1.807) is 12.1 Å². The Bertz CT molecular complexity index is 553. The van der Waals surface area contributed by atoms with Crippen molar-refractivity contribution in [1.29, 1.82) is 5.26 Å². The topological polar surface area (TPSA) is 36.7 Å². The van der Waals surface area contributed by atoms with Gasteiger partial charge in [-0.15, -0.1) is 0 Å². The van der Waals surface area contributed by atoms with Crippen LogP contribution in [0.15, 0.2) is 36.5 Å². The third kappa shape index (κ3) is 1.91. The van der Waals surface area contributed by atoms with Crippen LogP contribution in [0.2, 0.25) is 0 Å². The van der Waals surface area contributed by atoms with Crippen molar-refractivity contribution in [2.24, 2.45) is 0 Å². The predicted octanol–water partition coefficient (Wildman–Crippen LogP) is 3.07. The van der Waals surface area contributed by atoms with Crippen LogP contribution in [0, 0.1) is 24.1 Å². The fourth-order valence-corrected chi connectivity index (χ4v) is 1.52. The molecule has 1 aromatic heterocycles. The second kappa shape index (κ2) is 4.11. The highest BCUT2D eigenvalue weighted by Gasteiger charge is 2.05. The quantitative estimate of drug-likeness (QED) is 0.728. The maximum Gasteiger partial charge on any atom is 0.123 e. The number of pyridine rings is 1. The second-order valence-electron chi connectivity index (χ2n) is 3.49. The Labute approximate surface area is 93.0 Å². The van der Waals surface area contributed by atoms with Gasteiger partial charge >= 0.3 is 0 Å². The first-order valence-corrected chi connectivity index (χ1v) is 4.83. The number of halogens is 1. The zero-order valence-corrected chi connectivity index (χ0v) is 8.74. The minimum Gasteiger partial charge on any atom is -0.260 e. The molecule has 0 N–H and O–H groups in total. The van der Waals surface area contributed by atoms with Crippen molar-refractivity contribution in [2.75, 3.05) is 0 Å². The Morgan fingerprint density at radius 1 is 1.25 bits per heavy atom. The molecule has 0 fully saturated rings. The molecular formula is C13H9FN2. The van der Waals surface area contributed by atoms with Gasteiger partial charge in [0.25, 0.3) is 0 Å². The standard InChI is InChI=1S/C13H9FN2/c1-9-6-13(11(7-15)8-16-9)10-2-4-12(14)5-3-10/h2-6,8H,1H3. The molecular weight excluding hydrogens is 203 g/mol. The molecule has 0 saturated heterocycles. The molecule has 0 radical (unpaired) electrons. The van der Waals surface area contributed by atoms with Crippen LogP contribution in [0.4, 0.5) is 4.39 Å². The first-order chi connectivity index (χ1) is 7.70. The van der Waals surface area contributed by atoms with E-state index in [4.69, 9.17) is 5.26 Å². The molecule has 0 amide bonds. The van der Waals surface area contributed by atoms with Crippen LogP contribution in [0.1, 0.15) is 11.3 Å². The van der Waals surface area contributed by atoms with Crippen LogP contribution in [0.3, 0.4) is 0 Å². The normalized spacial score (nSPS) is 9.81. The summed E-state index contributed by atoms with van der Waals surface area (Å²) in [7, 11) is 0. The van der Waals surface area contributed by atoms with E-state index in [-0.39, 0.29) is 5.82 Å². The van der Waals surface area contributed by atoms with Gasteiger partial charge in [0.1, 0.15) is 11.9 Å². The van der Waals surface area contributed by atoms with Crippen molar-refractivity contribution in [3.63, 3.8) is 0 Å². The number of aryl methyl sites for hydroxylation is 1. The van der Waals surface area contributed by atoms with Gasteiger partial charge < -0.3 is 0 Å². The Balaban J connectivity index is 2.59. The number of nitriles is 1. The molecule has 0 aliphatic carbocycles. The minimum absolute atomic E-state index is 0.284. The predicted molar refractivity (Wildman–Crippen MR) is 59.1 cm³/mol. The summed E-state index contributed by atoms with van der Waals surface area (Å²) >= 11 is 0. The summed E-state index contributed by atoms with van der Waals surface area (Å²) in [5.74, 6) is -0.284. The molecule has 0 aliphatic heterocycles. The molecule has 0 bridgehead atoms. The number of benzene rings is 1. The Hall–Kier alpha value is -2.21. The molecule has 2 aromatic rings. The molecule has 2 nitrogen and oxygen atoms in total. The summed E-state index contributed by atoms with van der Waals surface area (Å²) in [6.45, 7) is 1.86. The lowest BCUT2D eigenvalue weighted by Crippen LogP contribution is -1.89. The SMILES string of the molecule is Cc1cc(-c2ccc(F)cc2)c(C#N)cn1. The zero-order chi connectivity index (χ0) is 11.5. The highest BCUT2D eigenvalue weighted by molar-refractivity contribution is 5.70. The van der Waals surface area contributed by atoms with E-state index in [1.807, 2.05) is 13.0 Å². The van der Waals surface area contributed by atoms with E-state index in [0.29, 0.717) is 5.56 Å². The molecule has 0 saturated carbocycles. The monoisotopic (exact) mass is 212 g/mol. The molecule has 0 unspecified atom stereocenters. The first kappa shape index (κ1) is 10.3. The molecule has 0 atom stereocenters. The number of nitrogens with zero attached hydrogens (tertiary/aromatic N) is 2. The highest BCUT2D eigenvalue weighted by atomic mass is 19.1. The van der Waals surface area contributed by atoms with Crippen molar-refractivity contribution in [2.45, 2.75) is 6.92 Å². The molecule has 0 aliphatic rings. The highest BCUT2D eigenvalue weighted by Crippen LogP contribution is 2.23. The molecule has 3 heteroatoms. The number of hydrogen-bond acceptors (Lipinski definition) is 2. The molecule has 16 heavy (non-hydrogen) atoms. The summed E-state index contributed by atoms with van der Waals surface area (Å²) in [6, 6.07) is 9.98. The Morgan fingerprint density at radius 3 is 2.56 bits per heavy atom. The van der Waals surface area contributed by atoms with Crippen LogP contribution < -0.4 is 0 Å². The third-order valence-electron chi connectivity index (χ3n) is 2.32. The molecule has 78 valence electrons. The Kier molecular flexibility index (Phi) is 2.65. The van der Waals surface area contributed by atoms with Gasteiger partial charge in [0.2, 0.25) is 0 Å². The van der Waals surface area contributed by atoms with E-state index < -0.39 is 0 Å². The fourth-order valence-electron chi connectivity index (χ4n) is 1.52. The van der Waals surface area contributed by atoms with Gasteiger partial charge in [0, 0.05) is 17.5 Å². The lowest BCUT2D eigenvalue weighted by atomic mass is 10.0. The van der Waals surface area contributed by atoms with Gasteiger partial charge in [0.05, 0.1) is 5.56 Å². The van der Waals surface area contributed by atoms with Gasteiger partial charge in [-0.2, -0.15) is 5.26 Å². The van der Waals surface area contributed by atoms with E-state index in [9.17, 15) is 4.39 Å². The van der Waals surface area contributed by atoms with Crippen molar-refractivity contribution in [3.8, 4) is 17.2 Å². The molecule has 0 spiro atoms. The lowest BCUT2D eigenvalue weighted by Gasteiger charge is -2.04. The first-order valence-electron chi connectivity index (χ1n) is 4.83. The van der Waals surface area contributed by atoms with Gasteiger partial charge in [-0.05, 0) is 30.7 Å². The van der Waals surface area contributed by atoms with Crippen LogP contribution in [0.25, 0.3) is 11.1 Å². The largest absolute Gasteiger partial charge is 0.260 e. The van der Waals surface area contributed by atoms with Crippen molar-refractivity contribution in [1.82, 2.24) is 4.98 Å². The summed E-state index contributed by atoms with van der Waals surface area (Å²) in [5.41, 5.74) is 2.94. The molecule has 1 aromatic carbocycles. The van der Waals surface area contributed by atoms with Gasteiger partial charge in [-0.3, -0.25) is 4.98 Å². The van der Waals surface area contributed by atoms with Crippen LogP contribution in [0.5, 0.6) is 0 Å². The van der Waals surface area contributed by atoms with Crippen molar-refractivity contribution < 1.29 is 4.39 Å². The average Bonchev–Trinajstić information content (AvgIpc) is 2.30. The van der Waals surface area contributed by atoms with Crippen LogP contribution in [-0.2, 0) is 0 Å². The fraction of sp³-hybridized carbons (Fsp3) is 0.0769. The van der Waals surface area contributed by atoms with E-state index >= 15 is 0 Å². The van der Waals surface area contributed by atoms with Gasteiger partial charge in [0.15, 0.2) is 0 Å². The summed E-state index contributed by atoms with van der Waals surface area (Å²) in [6.07, 6.45) is 1.54. The molecule has 2 rings (SSSR count). The Morgan fingerprint density at radius 2 is 1.94 bits per heavy atom. The van der Waals surface area contributed by atoms with Crippen LogP contribution in [-0.4, -0.2) is 4.98 Å². The summed E-state index contributed by atoms with van der Waals surface area (Å²) in [5, 5.41) is 8.96. The van der Waals surface area contributed by atoms with Crippen molar-refractivity contribution >= 4 is 0 Å². The third-order valence-corrected chi connectivity index (χ3v) is 2.32. The summed E-state index contributed by atoms with van der Waals surface area (Å²) in [4.78, 5) is 4.06. The summed E-state index contributed by atoms with van der Waals surface area (Å²) < 4.78 is 12.8. The average molecular weight is 212 g/mol. The lowest BCUT2D eigenvalue weighted by molar-refractivity contribution is 0.628. The van der Waals surface area contributed by atoms with E-state index in [1.165, 1.54) is 18.3 Å². The smallest absolute Gasteiger partial charge is 0.123 e. The van der Waals surface area contributed by atoms with Crippen LogP contribution >= 0.6 is 0 Å². The maximum absolute atomic E-state index is 12.8. The number of rotatable bonds is 1. The van der Waals surface area contributed by atoms with Gasteiger partial charge in [-0.25, -0.2) is 4.39 Å². The van der Waals surface area contributed by atoms with Gasteiger partial charge in [-0.1, -0.05) is 12.1 Å². The second-order valence-corrected chi connectivity index (χ2v) is 3.49.